The summed E-state index contributed by atoms with van der Waals surface area (Å²) in [6.07, 6.45) is 0. The number of hydrogen-bond acceptors (Lipinski definition) is 6. The second-order valence-electron chi connectivity index (χ2n) is 7.15. The molecule has 2 aromatic carbocycles. The van der Waals surface area contributed by atoms with E-state index in [0.717, 1.165) is 21.2 Å². The molecule has 1 aliphatic rings. The number of hydrogen-bond donors (Lipinski definition) is 1. The molecule has 1 N–H and O–H groups in total. The molecule has 0 unspecified atom stereocenters. The topological polar surface area (TPSA) is 111 Å². The first kappa shape index (κ1) is 21.0. The Morgan fingerprint density at radius 3 is 2.81 bits per heavy atom. The number of para-hydroxylation sites is 2. The molecule has 1 fully saturated rings. The van der Waals surface area contributed by atoms with E-state index in [0.29, 0.717) is 6.54 Å². The molecule has 1 saturated heterocycles. The van der Waals surface area contributed by atoms with Crippen LogP contribution in [0.25, 0.3) is 11.0 Å². The van der Waals surface area contributed by atoms with Crippen LogP contribution in [0.2, 0.25) is 0 Å². The van der Waals surface area contributed by atoms with Gasteiger partial charge in [0.1, 0.15) is 12.4 Å². The Morgan fingerprint density at radius 2 is 2.00 bits per heavy atom. The lowest BCUT2D eigenvalue weighted by atomic mass is 10.2. The van der Waals surface area contributed by atoms with E-state index in [-0.39, 0.29) is 42.6 Å². The maximum absolute atomic E-state index is 12.8. The first-order valence-electron chi connectivity index (χ1n) is 9.82. The van der Waals surface area contributed by atoms with Crippen LogP contribution >= 0.6 is 0 Å². The molecular weight excluding hydrogens is 420 g/mol. The highest BCUT2D eigenvalue weighted by molar-refractivity contribution is 7.89. The second kappa shape index (κ2) is 8.48. The molecule has 0 radical (unpaired) electrons. The van der Waals surface area contributed by atoms with Gasteiger partial charge in [0.25, 0.3) is 0 Å². The molecule has 31 heavy (non-hydrogen) atoms. The van der Waals surface area contributed by atoms with E-state index in [1.165, 1.54) is 24.3 Å². The average Bonchev–Trinajstić information content (AvgIpc) is 3.09. The van der Waals surface area contributed by atoms with Gasteiger partial charge < -0.3 is 14.6 Å². The highest BCUT2D eigenvalue weighted by Gasteiger charge is 2.29. The van der Waals surface area contributed by atoms with Gasteiger partial charge in [-0.15, -0.1) is 0 Å². The number of imidazole rings is 1. The van der Waals surface area contributed by atoms with Gasteiger partial charge in [-0.25, -0.2) is 18.2 Å². The average molecular weight is 442 g/mol. The summed E-state index contributed by atoms with van der Waals surface area (Å²) < 4.78 is 34.1. The second-order valence-corrected chi connectivity index (χ2v) is 9.09. The molecule has 9 nitrogen and oxygen atoms in total. The van der Waals surface area contributed by atoms with E-state index >= 15 is 0 Å². The lowest BCUT2D eigenvalue weighted by molar-refractivity contribution is -0.122. The molecule has 0 spiro atoms. The number of rotatable bonds is 6. The molecule has 0 atom stereocenters. The minimum atomic E-state index is -3.88. The number of aryl methyl sites for hydroxylation is 1. The number of piperazine rings is 1. The summed E-state index contributed by atoms with van der Waals surface area (Å²) >= 11 is 0. The number of carbonyl (C=O) groups excluding carboxylic acids is 2. The van der Waals surface area contributed by atoms with E-state index < -0.39 is 16.0 Å². The van der Waals surface area contributed by atoms with Crippen molar-refractivity contribution in [1.29, 1.82) is 0 Å². The molecule has 0 bridgehead atoms. The highest BCUT2D eigenvalue weighted by Crippen LogP contribution is 2.19. The Bertz CT molecular complexity index is 1250. The van der Waals surface area contributed by atoms with Crippen LogP contribution in [0.4, 0.5) is 0 Å². The third-order valence-corrected chi connectivity index (χ3v) is 6.95. The summed E-state index contributed by atoms with van der Waals surface area (Å²) in [5.41, 5.74) is 1.96. The maximum Gasteiger partial charge on any atom is 0.338 e. The maximum atomic E-state index is 12.8. The summed E-state index contributed by atoms with van der Waals surface area (Å²) in [6.45, 7) is 2.62. The summed E-state index contributed by atoms with van der Waals surface area (Å²) in [5.74, 6) is -0.154. The fourth-order valence-electron chi connectivity index (χ4n) is 3.54. The van der Waals surface area contributed by atoms with Crippen LogP contribution in [-0.4, -0.2) is 60.4 Å². The predicted octanol–water partition coefficient (Wildman–Crippen LogP) is 1.32. The number of ether oxygens (including phenoxy) is 1. The van der Waals surface area contributed by atoms with Crippen LogP contribution in [0.15, 0.2) is 53.4 Å². The number of nitrogens with one attached hydrogen (secondary N) is 1. The molecule has 3 aromatic rings. The minimum absolute atomic E-state index is 0.0481. The summed E-state index contributed by atoms with van der Waals surface area (Å²) in [4.78, 5) is 28.5. The number of sulfonamides is 1. The van der Waals surface area contributed by atoms with Gasteiger partial charge in [0, 0.05) is 13.1 Å². The van der Waals surface area contributed by atoms with Gasteiger partial charge in [0.15, 0.2) is 0 Å². The monoisotopic (exact) mass is 442 g/mol. The van der Waals surface area contributed by atoms with E-state index in [2.05, 4.69) is 10.3 Å². The Hall–Kier alpha value is -3.24. The van der Waals surface area contributed by atoms with E-state index in [1.807, 2.05) is 35.8 Å². The van der Waals surface area contributed by atoms with Crippen molar-refractivity contribution in [3.05, 3.63) is 59.9 Å². The number of benzene rings is 2. The lowest BCUT2D eigenvalue weighted by Gasteiger charge is -2.26. The lowest BCUT2D eigenvalue weighted by Crippen LogP contribution is -2.49. The van der Waals surface area contributed by atoms with E-state index in [1.54, 1.807) is 0 Å². The van der Waals surface area contributed by atoms with E-state index in [9.17, 15) is 18.0 Å². The standard InChI is InChI=1S/C21H22N4O5S/c1-15-23-18-7-2-3-8-19(18)25(15)11-12-30-21(27)16-5-4-6-17(13-16)31(28,29)24-10-9-22-20(26)14-24/h2-8,13H,9-12,14H2,1H3,(H,22,26). The van der Waals surface area contributed by atoms with Gasteiger partial charge in [-0.2, -0.15) is 4.31 Å². The number of aromatic nitrogens is 2. The Balaban J connectivity index is 1.44. The van der Waals surface area contributed by atoms with Gasteiger partial charge in [0.2, 0.25) is 15.9 Å². The van der Waals surface area contributed by atoms with Crippen LogP contribution < -0.4 is 5.32 Å². The fourth-order valence-corrected chi connectivity index (χ4v) is 4.99. The summed E-state index contributed by atoms with van der Waals surface area (Å²) in [5, 5.41) is 2.59. The van der Waals surface area contributed by atoms with Crippen LogP contribution in [0.1, 0.15) is 16.2 Å². The molecule has 1 amide bonds. The zero-order chi connectivity index (χ0) is 22.0. The highest BCUT2D eigenvalue weighted by atomic mass is 32.2. The Morgan fingerprint density at radius 1 is 1.19 bits per heavy atom. The number of amides is 1. The Labute approximate surface area is 179 Å². The van der Waals surface area contributed by atoms with Crippen molar-refractivity contribution in [2.45, 2.75) is 18.4 Å². The van der Waals surface area contributed by atoms with Crippen molar-refractivity contribution < 1.29 is 22.7 Å². The zero-order valence-corrected chi connectivity index (χ0v) is 17.8. The number of nitrogens with zero attached hydrogens (tertiary/aromatic N) is 3. The molecule has 0 saturated carbocycles. The SMILES string of the molecule is Cc1nc2ccccc2n1CCOC(=O)c1cccc(S(=O)(=O)N2CCNC(=O)C2)c1. The third kappa shape index (κ3) is 4.30. The van der Waals surface area contributed by atoms with Gasteiger partial charge in [-0.05, 0) is 37.3 Å². The van der Waals surface area contributed by atoms with Crippen molar-refractivity contribution in [3.63, 3.8) is 0 Å². The predicted molar refractivity (Wildman–Crippen MR) is 113 cm³/mol. The largest absolute Gasteiger partial charge is 0.460 e. The van der Waals surface area contributed by atoms with Crippen molar-refractivity contribution in [3.8, 4) is 0 Å². The van der Waals surface area contributed by atoms with Crippen molar-refractivity contribution in [2.75, 3.05) is 26.2 Å². The number of carbonyl (C=O) groups is 2. The molecule has 162 valence electrons. The minimum Gasteiger partial charge on any atom is -0.460 e. The van der Waals surface area contributed by atoms with E-state index in [4.69, 9.17) is 4.74 Å². The zero-order valence-electron chi connectivity index (χ0n) is 16.9. The van der Waals surface area contributed by atoms with Gasteiger partial charge >= 0.3 is 5.97 Å². The van der Waals surface area contributed by atoms with Crippen molar-refractivity contribution in [2.24, 2.45) is 0 Å². The molecular formula is C21H22N4O5S. The molecule has 0 aliphatic carbocycles. The number of fused-ring (bicyclic) bond motifs is 1. The van der Waals surface area contributed by atoms with Crippen molar-refractivity contribution >= 4 is 32.9 Å². The molecule has 10 heteroatoms. The molecule has 4 rings (SSSR count). The Kier molecular flexibility index (Phi) is 5.75. The molecule has 1 aliphatic heterocycles. The normalized spacial score (nSPS) is 15.1. The third-order valence-electron chi connectivity index (χ3n) is 5.10. The molecule has 1 aromatic heterocycles. The van der Waals surface area contributed by atoms with Gasteiger partial charge in [0.05, 0.1) is 34.6 Å². The van der Waals surface area contributed by atoms with Crippen LogP contribution in [0, 0.1) is 6.92 Å². The smallest absolute Gasteiger partial charge is 0.338 e. The first-order valence-corrected chi connectivity index (χ1v) is 11.3. The fraction of sp³-hybridized carbons (Fsp3) is 0.286. The quantitative estimate of drug-likeness (QED) is 0.577. The van der Waals surface area contributed by atoms with Crippen molar-refractivity contribution in [1.82, 2.24) is 19.2 Å². The van der Waals surface area contributed by atoms with Crippen LogP contribution in [0.5, 0.6) is 0 Å². The number of esters is 1. The van der Waals surface area contributed by atoms with Gasteiger partial charge in [-0.1, -0.05) is 18.2 Å². The van der Waals surface area contributed by atoms with Crippen LogP contribution in [0.3, 0.4) is 0 Å². The van der Waals surface area contributed by atoms with Gasteiger partial charge in [-0.3, -0.25) is 4.79 Å². The summed E-state index contributed by atoms with van der Waals surface area (Å²) in [7, 11) is -3.88. The molecule has 2 heterocycles. The van der Waals surface area contributed by atoms with Crippen LogP contribution in [-0.2, 0) is 26.1 Å². The summed E-state index contributed by atoms with van der Waals surface area (Å²) in [6, 6.07) is 13.4. The first-order chi connectivity index (χ1) is 14.9.